The molecule has 0 aliphatic carbocycles. The normalized spacial score (nSPS) is 12.2. The Bertz CT molecular complexity index is 432. The minimum atomic E-state index is -0.439. The third kappa shape index (κ3) is 3.42. The van der Waals surface area contributed by atoms with Gasteiger partial charge in [0.25, 0.3) is 0 Å². The largest absolute Gasteiger partial charge is 0.389 e. The average Bonchev–Trinajstić information content (AvgIpc) is 2.25. The first-order valence-corrected chi connectivity index (χ1v) is 5.79. The molecule has 0 heterocycles. The van der Waals surface area contributed by atoms with Gasteiger partial charge < -0.3 is 16.8 Å². The first-order valence-electron chi connectivity index (χ1n) is 5.38. The van der Waals surface area contributed by atoms with E-state index in [1.54, 1.807) is 0 Å². The van der Waals surface area contributed by atoms with Gasteiger partial charge in [0.05, 0.1) is 0 Å². The van der Waals surface area contributed by atoms with Crippen LogP contribution in [0.2, 0.25) is 0 Å². The van der Waals surface area contributed by atoms with Crippen LogP contribution in [0, 0.1) is 5.92 Å². The molecular weight excluding hydrogens is 234 g/mol. The van der Waals surface area contributed by atoms with Crippen molar-refractivity contribution in [3.63, 3.8) is 0 Å². The molecule has 1 aromatic carbocycles. The number of hydrogen-bond acceptors (Lipinski definition) is 3. The van der Waals surface area contributed by atoms with Gasteiger partial charge in [0, 0.05) is 11.3 Å². The maximum Gasteiger partial charge on any atom is 0.240 e. The second kappa shape index (κ2) is 5.63. The zero-order chi connectivity index (χ0) is 13.0. The van der Waals surface area contributed by atoms with Gasteiger partial charge in [-0.15, -0.1) is 0 Å². The van der Waals surface area contributed by atoms with Gasteiger partial charge >= 0.3 is 0 Å². The van der Waals surface area contributed by atoms with Gasteiger partial charge in [-0.05, 0) is 18.1 Å². The Morgan fingerprint density at radius 2 is 1.88 bits per heavy atom. The van der Waals surface area contributed by atoms with Crippen LogP contribution in [-0.2, 0) is 4.79 Å². The van der Waals surface area contributed by atoms with Crippen LogP contribution in [0.4, 0.5) is 5.69 Å². The number of benzene rings is 1. The van der Waals surface area contributed by atoms with Crippen LogP contribution in [0.5, 0.6) is 0 Å². The molecule has 5 N–H and O–H groups in total. The lowest BCUT2D eigenvalue weighted by Gasteiger charge is -2.21. The fraction of sp³-hybridized carbons (Fsp3) is 0.333. The minimum absolute atomic E-state index is 0.0897. The van der Waals surface area contributed by atoms with E-state index in [0.717, 1.165) is 11.3 Å². The fourth-order valence-electron chi connectivity index (χ4n) is 1.56. The number of anilines is 1. The number of carbonyl (C=O) groups excluding carboxylic acids is 1. The number of nitrogens with two attached hydrogens (primary N) is 2. The lowest BCUT2D eigenvalue weighted by molar-refractivity contribution is -0.119. The van der Waals surface area contributed by atoms with Crippen LogP contribution in [0.1, 0.15) is 19.4 Å². The number of primary amides is 1. The molecule has 0 saturated heterocycles. The monoisotopic (exact) mass is 251 g/mol. The summed E-state index contributed by atoms with van der Waals surface area (Å²) < 4.78 is 0. The molecule has 0 bridgehead atoms. The molecule has 1 atom stereocenters. The van der Waals surface area contributed by atoms with E-state index in [4.69, 9.17) is 23.7 Å². The van der Waals surface area contributed by atoms with E-state index in [2.05, 4.69) is 5.32 Å². The SMILES string of the molecule is CC(C)C(Nc1ccccc1C(N)=S)C(N)=O. The summed E-state index contributed by atoms with van der Waals surface area (Å²) in [6.07, 6.45) is 0. The molecule has 0 aliphatic heterocycles. The Morgan fingerprint density at radius 1 is 1.29 bits per heavy atom. The molecule has 17 heavy (non-hydrogen) atoms. The molecule has 5 heteroatoms. The number of nitrogens with one attached hydrogen (secondary N) is 1. The number of amides is 1. The molecule has 1 amide bonds. The van der Waals surface area contributed by atoms with Crippen molar-refractivity contribution in [1.29, 1.82) is 0 Å². The van der Waals surface area contributed by atoms with Gasteiger partial charge in [0.15, 0.2) is 0 Å². The zero-order valence-electron chi connectivity index (χ0n) is 9.94. The quantitative estimate of drug-likeness (QED) is 0.688. The molecule has 0 aromatic heterocycles. The fourth-order valence-corrected chi connectivity index (χ4v) is 1.74. The molecule has 0 fully saturated rings. The van der Waals surface area contributed by atoms with Crippen molar-refractivity contribution in [1.82, 2.24) is 0 Å². The van der Waals surface area contributed by atoms with Gasteiger partial charge in [-0.3, -0.25) is 4.79 Å². The summed E-state index contributed by atoms with van der Waals surface area (Å²) in [7, 11) is 0. The second-order valence-corrected chi connectivity index (χ2v) is 4.62. The third-order valence-electron chi connectivity index (χ3n) is 2.48. The Labute approximate surface area is 106 Å². The summed E-state index contributed by atoms with van der Waals surface area (Å²) >= 11 is 4.96. The van der Waals surface area contributed by atoms with Gasteiger partial charge in [0.1, 0.15) is 11.0 Å². The van der Waals surface area contributed by atoms with Crippen LogP contribution in [0.15, 0.2) is 24.3 Å². The smallest absolute Gasteiger partial charge is 0.240 e. The molecular formula is C12H17N3OS. The maximum atomic E-state index is 11.3. The summed E-state index contributed by atoms with van der Waals surface area (Å²) in [4.78, 5) is 11.6. The number of thiocarbonyl (C=S) groups is 1. The molecule has 0 radical (unpaired) electrons. The van der Waals surface area contributed by atoms with Crippen LogP contribution in [0.3, 0.4) is 0 Å². The molecule has 1 unspecified atom stereocenters. The lowest BCUT2D eigenvalue weighted by Crippen LogP contribution is -2.40. The highest BCUT2D eigenvalue weighted by molar-refractivity contribution is 7.80. The number of hydrogen-bond donors (Lipinski definition) is 3. The summed E-state index contributed by atoms with van der Waals surface area (Å²) in [5, 5.41) is 3.09. The molecule has 92 valence electrons. The molecule has 4 nitrogen and oxygen atoms in total. The Morgan fingerprint density at radius 3 is 2.35 bits per heavy atom. The highest BCUT2D eigenvalue weighted by Gasteiger charge is 2.20. The van der Waals surface area contributed by atoms with Crippen molar-refractivity contribution >= 4 is 28.8 Å². The van der Waals surface area contributed by atoms with E-state index in [9.17, 15) is 4.79 Å². The van der Waals surface area contributed by atoms with E-state index in [0.29, 0.717) is 4.99 Å². The molecule has 1 aromatic rings. The Kier molecular flexibility index (Phi) is 4.45. The van der Waals surface area contributed by atoms with Gasteiger partial charge in [-0.1, -0.05) is 38.2 Å². The number of para-hydroxylation sites is 1. The third-order valence-corrected chi connectivity index (χ3v) is 2.70. The first-order chi connectivity index (χ1) is 7.93. The van der Waals surface area contributed by atoms with Crippen LogP contribution < -0.4 is 16.8 Å². The summed E-state index contributed by atoms with van der Waals surface area (Å²) in [5.41, 5.74) is 12.4. The van der Waals surface area contributed by atoms with Crippen LogP contribution in [0.25, 0.3) is 0 Å². The van der Waals surface area contributed by atoms with E-state index >= 15 is 0 Å². The lowest BCUT2D eigenvalue weighted by atomic mass is 10.0. The summed E-state index contributed by atoms with van der Waals surface area (Å²) in [5.74, 6) is -0.301. The van der Waals surface area contributed by atoms with Gasteiger partial charge in [-0.25, -0.2) is 0 Å². The van der Waals surface area contributed by atoms with Crippen LogP contribution in [-0.4, -0.2) is 16.9 Å². The molecule has 0 aliphatic rings. The highest BCUT2D eigenvalue weighted by atomic mass is 32.1. The maximum absolute atomic E-state index is 11.3. The predicted molar refractivity (Wildman–Crippen MR) is 73.8 cm³/mol. The number of rotatable bonds is 5. The standard InChI is InChI=1S/C12H17N3OS/c1-7(2)10(11(13)16)15-9-6-4-3-5-8(9)12(14)17/h3-7,10,15H,1-2H3,(H2,13,16)(H2,14,17). The predicted octanol–water partition coefficient (Wildman–Crippen LogP) is 1.24. The topological polar surface area (TPSA) is 81.1 Å². The van der Waals surface area contributed by atoms with Crippen molar-refractivity contribution in [2.75, 3.05) is 5.32 Å². The Balaban J connectivity index is 3.01. The van der Waals surface area contributed by atoms with Crippen molar-refractivity contribution in [2.45, 2.75) is 19.9 Å². The van der Waals surface area contributed by atoms with Crippen molar-refractivity contribution < 1.29 is 4.79 Å². The molecule has 0 spiro atoms. The number of carbonyl (C=O) groups is 1. The van der Waals surface area contributed by atoms with E-state index in [-0.39, 0.29) is 5.92 Å². The highest BCUT2D eigenvalue weighted by Crippen LogP contribution is 2.18. The van der Waals surface area contributed by atoms with Crippen LogP contribution >= 0.6 is 12.2 Å². The van der Waals surface area contributed by atoms with Crippen molar-refractivity contribution in [2.24, 2.45) is 17.4 Å². The summed E-state index contributed by atoms with van der Waals surface area (Å²) in [6.45, 7) is 3.84. The van der Waals surface area contributed by atoms with E-state index in [1.165, 1.54) is 0 Å². The first kappa shape index (κ1) is 13.4. The second-order valence-electron chi connectivity index (χ2n) is 4.18. The zero-order valence-corrected chi connectivity index (χ0v) is 10.8. The summed E-state index contributed by atoms with van der Waals surface area (Å²) in [6, 6.07) is 6.89. The molecule has 1 rings (SSSR count). The van der Waals surface area contributed by atoms with Gasteiger partial charge in [-0.2, -0.15) is 0 Å². The minimum Gasteiger partial charge on any atom is -0.389 e. The van der Waals surface area contributed by atoms with Crippen molar-refractivity contribution in [3.05, 3.63) is 29.8 Å². The average molecular weight is 251 g/mol. The van der Waals surface area contributed by atoms with E-state index in [1.807, 2.05) is 38.1 Å². The van der Waals surface area contributed by atoms with Gasteiger partial charge in [0.2, 0.25) is 5.91 Å². The Hall–Kier alpha value is -1.62. The van der Waals surface area contributed by atoms with Crippen molar-refractivity contribution in [3.8, 4) is 0 Å². The van der Waals surface area contributed by atoms with E-state index < -0.39 is 11.9 Å². The molecule has 0 saturated carbocycles.